The standard InChI is InChI=1S/C24H17N3O7/c1-15-19(6-4-7-21(15)27(31)32)23-25-20(24(28)34-23)13-17-5-2-3-8-22(17)33-14-16-9-11-18(12-10-16)26(29)30/h2-13H,14H2,1H3/b20-13-. The number of carbonyl (C=O) groups is 1. The van der Waals surface area contributed by atoms with E-state index < -0.39 is 15.8 Å². The average molecular weight is 459 g/mol. The first-order valence-corrected chi connectivity index (χ1v) is 10.1. The van der Waals surface area contributed by atoms with Gasteiger partial charge in [0.2, 0.25) is 5.90 Å². The van der Waals surface area contributed by atoms with Crippen molar-refractivity contribution in [1.29, 1.82) is 0 Å². The predicted octanol–water partition coefficient (Wildman–Crippen LogP) is 4.73. The summed E-state index contributed by atoms with van der Waals surface area (Å²) in [7, 11) is 0. The second kappa shape index (κ2) is 9.33. The Bertz CT molecular complexity index is 1360. The second-order valence-corrected chi connectivity index (χ2v) is 7.29. The van der Waals surface area contributed by atoms with E-state index in [-0.39, 0.29) is 29.6 Å². The van der Waals surface area contributed by atoms with E-state index in [9.17, 15) is 25.0 Å². The number of esters is 1. The minimum absolute atomic E-state index is 0.0123. The maximum atomic E-state index is 12.4. The van der Waals surface area contributed by atoms with Gasteiger partial charge in [-0.1, -0.05) is 24.3 Å². The summed E-state index contributed by atoms with van der Waals surface area (Å²) in [6, 6.07) is 17.4. The van der Waals surface area contributed by atoms with E-state index >= 15 is 0 Å². The highest BCUT2D eigenvalue weighted by atomic mass is 16.6. The summed E-state index contributed by atoms with van der Waals surface area (Å²) in [5.74, 6) is -0.232. The number of benzene rings is 3. The molecule has 1 aliphatic heterocycles. The van der Waals surface area contributed by atoms with Gasteiger partial charge in [0.15, 0.2) is 5.70 Å². The quantitative estimate of drug-likeness (QED) is 0.216. The van der Waals surface area contributed by atoms with Gasteiger partial charge in [-0.25, -0.2) is 9.79 Å². The topological polar surface area (TPSA) is 134 Å². The SMILES string of the molecule is Cc1c(C2=N/C(=C\c3ccccc3OCc3ccc([N+](=O)[O-])cc3)C(=O)O2)cccc1[N+](=O)[O-]. The Morgan fingerprint density at radius 1 is 0.971 bits per heavy atom. The lowest BCUT2D eigenvalue weighted by Gasteiger charge is -2.09. The molecule has 1 aliphatic rings. The first-order valence-electron chi connectivity index (χ1n) is 10.1. The number of carbonyl (C=O) groups excluding carboxylic acids is 1. The summed E-state index contributed by atoms with van der Waals surface area (Å²) >= 11 is 0. The molecule has 0 unspecified atom stereocenters. The molecule has 10 heteroatoms. The van der Waals surface area contributed by atoms with Gasteiger partial charge in [0.05, 0.1) is 9.85 Å². The number of nitrogens with zero attached hydrogens (tertiary/aromatic N) is 3. The maximum absolute atomic E-state index is 12.4. The zero-order chi connectivity index (χ0) is 24.2. The highest BCUT2D eigenvalue weighted by Crippen LogP contribution is 2.28. The van der Waals surface area contributed by atoms with E-state index in [4.69, 9.17) is 9.47 Å². The van der Waals surface area contributed by atoms with E-state index in [0.717, 1.165) is 5.56 Å². The number of ether oxygens (including phenoxy) is 2. The number of non-ortho nitro benzene ring substituents is 1. The van der Waals surface area contributed by atoms with Crippen molar-refractivity contribution in [3.05, 3.63) is 115 Å². The Balaban J connectivity index is 1.58. The Hall–Kier alpha value is -4.86. The van der Waals surface area contributed by atoms with E-state index in [1.54, 1.807) is 49.4 Å². The molecule has 34 heavy (non-hydrogen) atoms. The summed E-state index contributed by atoms with van der Waals surface area (Å²) in [6.07, 6.45) is 1.51. The highest BCUT2D eigenvalue weighted by Gasteiger charge is 2.27. The van der Waals surface area contributed by atoms with Crippen LogP contribution in [0.25, 0.3) is 6.08 Å². The molecule has 0 radical (unpaired) electrons. The molecular weight excluding hydrogens is 442 g/mol. The van der Waals surface area contributed by atoms with Crippen molar-refractivity contribution in [3.8, 4) is 5.75 Å². The monoisotopic (exact) mass is 459 g/mol. The summed E-state index contributed by atoms with van der Waals surface area (Å²) in [4.78, 5) is 37.7. The van der Waals surface area contributed by atoms with Crippen LogP contribution in [-0.4, -0.2) is 21.7 Å². The minimum atomic E-state index is -0.689. The molecule has 3 aromatic rings. The Morgan fingerprint density at radius 2 is 1.71 bits per heavy atom. The van der Waals surface area contributed by atoms with Crippen molar-refractivity contribution in [2.45, 2.75) is 13.5 Å². The first-order chi connectivity index (χ1) is 16.3. The molecule has 3 aromatic carbocycles. The fourth-order valence-corrected chi connectivity index (χ4v) is 3.33. The number of nitro benzene ring substituents is 2. The van der Waals surface area contributed by atoms with Crippen LogP contribution in [0.2, 0.25) is 0 Å². The molecule has 0 bridgehead atoms. The van der Waals surface area contributed by atoms with Gasteiger partial charge in [0.1, 0.15) is 12.4 Å². The van der Waals surface area contributed by atoms with Gasteiger partial charge in [-0.2, -0.15) is 0 Å². The lowest BCUT2D eigenvalue weighted by atomic mass is 10.1. The molecule has 0 N–H and O–H groups in total. The van der Waals surface area contributed by atoms with Crippen LogP contribution in [0, 0.1) is 27.2 Å². The van der Waals surface area contributed by atoms with Crippen molar-refractivity contribution in [2.24, 2.45) is 4.99 Å². The van der Waals surface area contributed by atoms with Crippen molar-refractivity contribution in [1.82, 2.24) is 0 Å². The number of hydrogen-bond acceptors (Lipinski definition) is 8. The molecule has 0 aliphatic carbocycles. The molecule has 0 atom stereocenters. The Kier molecular flexibility index (Phi) is 6.13. The zero-order valence-corrected chi connectivity index (χ0v) is 17.8. The lowest BCUT2D eigenvalue weighted by molar-refractivity contribution is -0.385. The third-order valence-corrected chi connectivity index (χ3v) is 5.11. The molecule has 0 spiro atoms. The molecule has 0 saturated carbocycles. The van der Waals surface area contributed by atoms with Gasteiger partial charge in [0.25, 0.3) is 11.4 Å². The molecule has 0 saturated heterocycles. The van der Waals surface area contributed by atoms with Gasteiger partial charge in [-0.05, 0) is 42.8 Å². The molecule has 1 heterocycles. The van der Waals surface area contributed by atoms with Gasteiger partial charge in [-0.15, -0.1) is 0 Å². The third-order valence-electron chi connectivity index (χ3n) is 5.11. The number of hydrogen-bond donors (Lipinski definition) is 0. The predicted molar refractivity (Wildman–Crippen MR) is 122 cm³/mol. The van der Waals surface area contributed by atoms with Crippen molar-refractivity contribution >= 4 is 29.3 Å². The van der Waals surface area contributed by atoms with Crippen LogP contribution in [0.4, 0.5) is 11.4 Å². The largest absolute Gasteiger partial charge is 0.488 e. The van der Waals surface area contributed by atoms with Crippen LogP contribution >= 0.6 is 0 Å². The van der Waals surface area contributed by atoms with Crippen LogP contribution in [0.15, 0.2) is 77.4 Å². The summed E-state index contributed by atoms with van der Waals surface area (Å²) in [5, 5.41) is 22.0. The maximum Gasteiger partial charge on any atom is 0.363 e. The molecular formula is C24H17N3O7. The summed E-state index contributed by atoms with van der Waals surface area (Å²) < 4.78 is 11.1. The van der Waals surface area contributed by atoms with Crippen molar-refractivity contribution < 1.29 is 24.1 Å². The normalized spacial score (nSPS) is 14.0. The molecule has 4 rings (SSSR count). The van der Waals surface area contributed by atoms with E-state index in [1.807, 2.05) is 0 Å². The fourth-order valence-electron chi connectivity index (χ4n) is 3.33. The van der Waals surface area contributed by atoms with Crippen LogP contribution in [0.1, 0.15) is 22.3 Å². The summed E-state index contributed by atoms with van der Waals surface area (Å²) in [6.45, 7) is 1.72. The van der Waals surface area contributed by atoms with Gasteiger partial charge in [0, 0.05) is 34.9 Å². The van der Waals surface area contributed by atoms with E-state index in [1.165, 1.54) is 30.3 Å². The molecule has 170 valence electrons. The number of nitro groups is 2. The van der Waals surface area contributed by atoms with Crippen LogP contribution in [-0.2, 0) is 16.1 Å². The Morgan fingerprint density at radius 3 is 2.41 bits per heavy atom. The third kappa shape index (κ3) is 4.65. The van der Waals surface area contributed by atoms with E-state index in [2.05, 4.69) is 4.99 Å². The fraction of sp³-hybridized carbons (Fsp3) is 0.0833. The second-order valence-electron chi connectivity index (χ2n) is 7.29. The Labute approximate surface area is 193 Å². The minimum Gasteiger partial charge on any atom is -0.488 e. The number of para-hydroxylation sites is 1. The van der Waals surface area contributed by atoms with Crippen molar-refractivity contribution in [2.75, 3.05) is 0 Å². The summed E-state index contributed by atoms with van der Waals surface area (Å²) in [5.41, 5.74) is 1.90. The smallest absolute Gasteiger partial charge is 0.363 e. The lowest BCUT2D eigenvalue weighted by Crippen LogP contribution is -2.08. The molecule has 10 nitrogen and oxygen atoms in total. The van der Waals surface area contributed by atoms with Gasteiger partial charge >= 0.3 is 5.97 Å². The zero-order valence-electron chi connectivity index (χ0n) is 17.8. The van der Waals surface area contributed by atoms with Crippen LogP contribution in [0.3, 0.4) is 0 Å². The number of cyclic esters (lactones) is 1. The average Bonchev–Trinajstić information content (AvgIpc) is 3.18. The van der Waals surface area contributed by atoms with Crippen LogP contribution < -0.4 is 4.74 Å². The first kappa shape index (κ1) is 22.3. The van der Waals surface area contributed by atoms with Gasteiger partial charge < -0.3 is 9.47 Å². The number of aliphatic imine (C=N–C) groups is 1. The van der Waals surface area contributed by atoms with Crippen molar-refractivity contribution in [3.63, 3.8) is 0 Å². The van der Waals surface area contributed by atoms with E-state index in [0.29, 0.717) is 22.4 Å². The molecule has 0 aromatic heterocycles. The number of rotatable bonds is 7. The molecule has 0 fully saturated rings. The highest BCUT2D eigenvalue weighted by molar-refractivity contribution is 6.13. The van der Waals surface area contributed by atoms with Crippen LogP contribution in [0.5, 0.6) is 5.75 Å². The van der Waals surface area contributed by atoms with Gasteiger partial charge in [-0.3, -0.25) is 20.2 Å². The molecule has 0 amide bonds.